The summed E-state index contributed by atoms with van der Waals surface area (Å²) in [5.41, 5.74) is 13.7. The van der Waals surface area contributed by atoms with Gasteiger partial charge in [0.2, 0.25) is 0 Å². The van der Waals surface area contributed by atoms with E-state index in [1.54, 1.807) is 0 Å². The molecule has 0 N–H and O–H groups in total. The van der Waals surface area contributed by atoms with Crippen LogP contribution < -0.4 is 0 Å². The van der Waals surface area contributed by atoms with Crippen molar-refractivity contribution in [1.29, 1.82) is 0 Å². The second kappa shape index (κ2) is 13.1. The highest BCUT2D eigenvalue weighted by molar-refractivity contribution is 8.03. The maximum Gasteiger partial charge on any atom is 0.0268 e. The summed E-state index contributed by atoms with van der Waals surface area (Å²) in [4.78, 5) is 2.84. The van der Waals surface area contributed by atoms with E-state index in [0.29, 0.717) is 0 Å². The Morgan fingerprint density at radius 2 is 1.09 bits per heavy atom. The number of hydrogen-bond acceptors (Lipinski definition) is 1. The van der Waals surface area contributed by atoms with Crippen molar-refractivity contribution in [1.82, 2.24) is 0 Å². The van der Waals surface area contributed by atoms with E-state index in [1.165, 1.54) is 109 Å². The van der Waals surface area contributed by atoms with Crippen molar-refractivity contribution >= 4 is 60.9 Å². The van der Waals surface area contributed by atoms with E-state index in [1.807, 2.05) is 11.8 Å². The van der Waals surface area contributed by atoms with Gasteiger partial charge in [-0.15, -0.1) is 0 Å². The lowest BCUT2D eigenvalue weighted by Gasteiger charge is -2.29. The first-order valence-electron chi connectivity index (χ1n) is 20.2. The molecule has 0 bridgehead atoms. The molecule has 0 amide bonds. The van der Waals surface area contributed by atoms with Gasteiger partial charge in [0.1, 0.15) is 0 Å². The Labute approximate surface area is 337 Å². The van der Waals surface area contributed by atoms with Crippen LogP contribution in [0, 0.1) is 0 Å². The molecule has 1 heterocycles. The molecule has 2 unspecified atom stereocenters. The summed E-state index contributed by atoms with van der Waals surface area (Å²) in [6.07, 6.45) is 14.1. The summed E-state index contributed by atoms with van der Waals surface area (Å²) in [7, 11) is 0. The molecule has 57 heavy (non-hydrogen) atoms. The van der Waals surface area contributed by atoms with Crippen LogP contribution in [0.3, 0.4) is 0 Å². The molecule has 12 rings (SSSR count). The van der Waals surface area contributed by atoms with Crippen LogP contribution in [0.15, 0.2) is 198 Å². The van der Waals surface area contributed by atoms with Crippen molar-refractivity contribution in [3.8, 4) is 33.4 Å². The first-order chi connectivity index (χ1) is 28.3. The summed E-state index contributed by atoms with van der Waals surface area (Å²) in [5, 5.41) is 10.6. The third-order valence-electron chi connectivity index (χ3n) is 12.7. The van der Waals surface area contributed by atoms with Crippen molar-refractivity contribution in [3.05, 3.63) is 215 Å². The number of benzene rings is 9. The minimum Gasteiger partial charge on any atom is -0.0929 e. The Morgan fingerprint density at radius 3 is 1.84 bits per heavy atom. The van der Waals surface area contributed by atoms with E-state index >= 15 is 0 Å². The zero-order valence-corrected chi connectivity index (χ0v) is 32.3. The van der Waals surface area contributed by atoms with Gasteiger partial charge in [-0.25, -0.2) is 0 Å². The average Bonchev–Trinajstić information content (AvgIpc) is 3.67. The van der Waals surface area contributed by atoms with Crippen molar-refractivity contribution in [2.75, 3.05) is 0 Å². The molecule has 0 nitrogen and oxygen atoms in total. The fourth-order valence-corrected chi connectivity index (χ4v) is 11.8. The topological polar surface area (TPSA) is 0 Å². The van der Waals surface area contributed by atoms with Crippen molar-refractivity contribution < 1.29 is 0 Å². The predicted molar refractivity (Wildman–Crippen MR) is 245 cm³/mol. The summed E-state index contributed by atoms with van der Waals surface area (Å²) in [5.74, 6) is 0.421. The first-order valence-corrected chi connectivity index (χ1v) is 21.1. The smallest absolute Gasteiger partial charge is 0.0268 e. The van der Waals surface area contributed by atoms with Gasteiger partial charge >= 0.3 is 0 Å². The van der Waals surface area contributed by atoms with Crippen molar-refractivity contribution in [2.24, 2.45) is 0 Å². The molecule has 0 fully saturated rings. The molecule has 9 aromatic rings. The third-order valence-corrected chi connectivity index (χ3v) is 14.0. The van der Waals surface area contributed by atoms with Gasteiger partial charge in [0.05, 0.1) is 0 Å². The number of allylic oxidation sites excluding steroid dienone is 5. The van der Waals surface area contributed by atoms with Crippen molar-refractivity contribution in [2.45, 2.75) is 29.6 Å². The van der Waals surface area contributed by atoms with E-state index in [2.05, 4.69) is 194 Å². The molecule has 2 aliphatic carbocycles. The van der Waals surface area contributed by atoms with Crippen LogP contribution in [-0.2, 0) is 6.42 Å². The van der Waals surface area contributed by atoms with Gasteiger partial charge in [0.15, 0.2) is 0 Å². The summed E-state index contributed by atoms with van der Waals surface area (Å²) in [6.45, 7) is 0. The van der Waals surface area contributed by atoms with Crippen LogP contribution in [0.5, 0.6) is 0 Å². The second-order valence-corrected chi connectivity index (χ2v) is 16.8. The molecular weight excluding hydrogens is 705 g/mol. The normalized spacial score (nSPS) is 16.9. The standard InChI is InChI=1S/C56H38S/c1-2-18-36(19-3-1)51-39-22-6-8-24-41(39)53(42-25-9-7-23-40(42)51)47-31-16-34-50-55(47)49-33-15-32-48(56(49)57-50)54-45-28-12-10-26-43(45)52(44-27-11-13-29-46(44)54)38-30-14-20-35-17-4-5-21-37(35)38/h1-10,12-26,28-34,47,55H,11,27H2. The van der Waals surface area contributed by atoms with E-state index in [0.717, 1.165) is 12.8 Å². The Balaban J connectivity index is 1.09. The van der Waals surface area contributed by atoms with E-state index < -0.39 is 0 Å². The highest BCUT2D eigenvalue weighted by Crippen LogP contribution is 2.61. The van der Waals surface area contributed by atoms with Crippen LogP contribution >= 0.6 is 11.8 Å². The molecule has 1 aliphatic heterocycles. The molecular formula is C56H38S. The highest BCUT2D eigenvalue weighted by atomic mass is 32.2. The lowest BCUT2D eigenvalue weighted by molar-refractivity contribution is 0.729. The van der Waals surface area contributed by atoms with Gasteiger partial charge in [-0.3, -0.25) is 0 Å². The maximum absolute atomic E-state index is 2.48. The highest BCUT2D eigenvalue weighted by Gasteiger charge is 2.39. The molecule has 268 valence electrons. The van der Waals surface area contributed by atoms with Gasteiger partial charge in [-0.2, -0.15) is 0 Å². The minimum atomic E-state index is 0.188. The van der Waals surface area contributed by atoms with Crippen LogP contribution in [0.1, 0.15) is 40.5 Å². The van der Waals surface area contributed by atoms with Crippen molar-refractivity contribution in [3.63, 3.8) is 0 Å². The molecule has 1 heteroatoms. The quantitative estimate of drug-likeness (QED) is 0.162. The average molecular weight is 743 g/mol. The number of thioether (sulfide) groups is 1. The molecule has 3 aliphatic rings. The van der Waals surface area contributed by atoms with Gasteiger partial charge in [0.25, 0.3) is 0 Å². The number of hydrogen-bond donors (Lipinski definition) is 0. The van der Waals surface area contributed by atoms with Gasteiger partial charge in [-0.1, -0.05) is 206 Å². The SMILES string of the molecule is C1=CC(c2c3ccccc3c(-c3ccccc3)c3ccccc23)C2C(=C1)Sc1c(-c3c4c(c(-c5cccc6ccccc56)c5ccccc35)CCC=C4)cccc12. The first kappa shape index (κ1) is 32.8. The zero-order chi connectivity index (χ0) is 37.5. The van der Waals surface area contributed by atoms with Gasteiger partial charge in [-0.05, 0) is 116 Å². The van der Waals surface area contributed by atoms with Gasteiger partial charge in [0, 0.05) is 16.7 Å². The summed E-state index contributed by atoms with van der Waals surface area (Å²) in [6, 6.07) is 61.2. The fraction of sp³-hybridized carbons (Fsp3) is 0.0714. The largest absolute Gasteiger partial charge is 0.0929 e. The number of fused-ring (bicyclic) bond motifs is 8. The monoisotopic (exact) mass is 742 g/mol. The van der Waals surface area contributed by atoms with Crippen LogP contribution in [0.2, 0.25) is 0 Å². The Kier molecular flexibility index (Phi) is 7.53. The maximum atomic E-state index is 2.48. The molecule has 0 aromatic heterocycles. The minimum absolute atomic E-state index is 0.188. The summed E-state index contributed by atoms with van der Waals surface area (Å²) >= 11 is 2.00. The fourth-order valence-electron chi connectivity index (χ4n) is 10.5. The Bertz CT molecular complexity index is 3150. The van der Waals surface area contributed by atoms with Crippen LogP contribution in [0.25, 0.3) is 82.5 Å². The zero-order valence-electron chi connectivity index (χ0n) is 31.5. The van der Waals surface area contributed by atoms with Crippen LogP contribution in [-0.4, -0.2) is 0 Å². The number of rotatable bonds is 4. The predicted octanol–water partition coefficient (Wildman–Crippen LogP) is 15.7. The molecule has 0 spiro atoms. The Morgan fingerprint density at radius 1 is 0.491 bits per heavy atom. The Hall–Kier alpha value is -6.41. The second-order valence-electron chi connectivity index (χ2n) is 15.7. The molecule has 0 saturated carbocycles. The molecule has 0 radical (unpaired) electrons. The van der Waals surface area contributed by atoms with E-state index in [-0.39, 0.29) is 11.8 Å². The molecule has 0 saturated heterocycles. The van der Waals surface area contributed by atoms with E-state index in [9.17, 15) is 0 Å². The van der Waals surface area contributed by atoms with E-state index in [4.69, 9.17) is 0 Å². The lowest BCUT2D eigenvalue weighted by Crippen LogP contribution is -2.12. The molecule has 9 aromatic carbocycles. The third kappa shape index (κ3) is 4.95. The molecule has 2 atom stereocenters. The summed E-state index contributed by atoms with van der Waals surface area (Å²) < 4.78 is 0. The lowest BCUT2D eigenvalue weighted by atomic mass is 9.74. The van der Waals surface area contributed by atoms with Crippen LogP contribution in [0.4, 0.5) is 0 Å². The van der Waals surface area contributed by atoms with Gasteiger partial charge < -0.3 is 0 Å².